The summed E-state index contributed by atoms with van der Waals surface area (Å²) in [5.41, 5.74) is 0. The van der Waals surface area contributed by atoms with Gasteiger partial charge in [0.05, 0.1) is 21.1 Å². The SMILES string of the molecule is CCC(C)C(=O)NC[N+](C)(C)C.CCC(C)N1CCCC1=O.[Cl-]. The number of nitrogens with one attached hydrogen (secondary N) is 1. The fraction of sp³-hybridized carbons (Fsp3) is 0.882. The molecule has 0 radical (unpaired) electrons. The average molecular weight is 350 g/mol. The van der Waals surface area contributed by atoms with E-state index in [1.54, 1.807) is 0 Å². The van der Waals surface area contributed by atoms with Crippen LogP contribution >= 0.6 is 0 Å². The summed E-state index contributed by atoms with van der Waals surface area (Å²) in [6, 6.07) is 0.454. The van der Waals surface area contributed by atoms with Gasteiger partial charge in [-0.2, -0.15) is 0 Å². The topological polar surface area (TPSA) is 49.4 Å². The molecule has 0 bridgehead atoms. The molecule has 1 saturated heterocycles. The molecule has 0 aromatic rings. The van der Waals surface area contributed by atoms with Crippen LogP contribution in [0.3, 0.4) is 0 Å². The van der Waals surface area contributed by atoms with Crippen molar-refractivity contribution >= 4 is 11.8 Å². The number of nitrogens with zero attached hydrogens (tertiary/aromatic N) is 2. The lowest BCUT2D eigenvalue weighted by atomic mass is 10.1. The second kappa shape index (κ2) is 11.7. The van der Waals surface area contributed by atoms with Crippen LogP contribution < -0.4 is 17.7 Å². The minimum atomic E-state index is 0. The first-order chi connectivity index (χ1) is 10.1. The van der Waals surface area contributed by atoms with Gasteiger partial charge in [-0.15, -0.1) is 0 Å². The van der Waals surface area contributed by atoms with Crippen LogP contribution in [0.4, 0.5) is 0 Å². The third-order valence-electron chi connectivity index (χ3n) is 4.02. The molecule has 2 amide bonds. The van der Waals surface area contributed by atoms with Crippen LogP contribution in [-0.2, 0) is 9.59 Å². The summed E-state index contributed by atoms with van der Waals surface area (Å²) in [4.78, 5) is 24.4. The Labute approximate surface area is 148 Å². The Morgan fingerprint density at radius 1 is 1.22 bits per heavy atom. The Morgan fingerprint density at radius 3 is 2.13 bits per heavy atom. The van der Waals surface area contributed by atoms with Gasteiger partial charge in [0.1, 0.15) is 0 Å². The maximum atomic E-state index is 11.3. The molecule has 0 aliphatic carbocycles. The number of hydrogen-bond acceptors (Lipinski definition) is 2. The molecule has 1 fully saturated rings. The molecule has 1 N–H and O–H groups in total. The van der Waals surface area contributed by atoms with Gasteiger partial charge in [0.2, 0.25) is 11.8 Å². The Bertz CT molecular complexity index is 356. The van der Waals surface area contributed by atoms with E-state index in [4.69, 9.17) is 0 Å². The van der Waals surface area contributed by atoms with Crippen LogP contribution in [0, 0.1) is 5.92 Å². The number of halogens is 1. The maximum absolute atomic E-state index is 11.3. The molecular weight excluding hydrogens is 314 g/mol. The summed E-state index contributed by atoms with van der Waals surface area (Å²) in [6.45, 7) is 9.89. The first kappa shape index (κ1) is 24.4. The van der Waals surface area contributed by atoms with Crippen molar-refractivity contribution in [2.75, 3.05) is 34.4 Å². The highest BCUT2D eigenvalue weighted by Gasteiger charge is 2.23. The molecule has 2 unspecified atom stereocenters. The standard InChI is InChI=1S/C9H20N2O.C8H15NO.ClH/c1-6-8(2)9(12)10-7-11(3,4)5;1-3-7(2)9-6-4-5-8(9)10;/h8H,6-7H2,1-5H3;7H,3-6H2,1-2H3;1H. The van der Waals surface area contributed by atoms with Crippen molar-refractivity contribution in [1.82, 2.24) is 10.2 Å². The zero-order valence-corrected chi connectivity index (χ0v) is 16.7. The molecule has 138 valence electrons. The van der Waals surface area contributed by atoms with Crippen molar-refractivity contribution in [3.8, 4) is 0 Å². The summed E-state index contributed by atoms with van der Waals surface area (Å²) >= 11 is 0. The zero-order chi connectivity index (χ0) is 17.3. The van der Waals surface area contributed by atoms with Gasteiger partial charge in [0.15, 0.2) is 6.67 Å². The lowest BCUT2D eigenvalue weighted by Crippen LogP contribution is -3.00. The summed E-state index contributed by atoms with van der Waals surface area (Å²) in [5.74, 6) is 0.636. The van der Waals surface area contributed by atoms with E-state index in [1.807, 2.05) is 18.7 Å². The Balaban J connectivity index is 0. The number of carbonyl (C=O) groups is 2. The molecule has 2 atom stereocenters. The molecule has 1 rings (SSSR count). The molecular formula is C17H36ClN3O2. The minimum absolute atomic E-state index is 0. The molecule has 0 aromatic heterocycles. The zero-order valence-electron chi connectivity index (χ0n) is 16.0. The first-order valence-electron chi connectivity index (χ1n) is 8.50. The predicted octanol–water partition coefficient (Wildman–Crippen LogP) is -0.776. The number of likely N-dealkylation sites (tertiary alicyclic amines) is 1. The number of carbonyl (C=O) groups excluding carboxylic acids is 2. The summed E-state index contributed by atoms with van der Waals surface area (Å²) in [5, 5.41) is 2.91. The Hall–Kier alpha value is -0.810. The van der Waals surface area contributed by atoms with Crippen molar-refractivity contribution in [2.24, 2.45) is 5.92 Å². The molecule has 6 heteroatoms. The molecule has 5 nitrogen and oxygen atoms in total. The molecule has 0 spiro atoms. The van der Waals surface area contributed by atoms with E-state index in [2.05, 4.69) is 40.3 Å². The smallest absolute Gasteiger partial charge is 0.227 e. The quantitative estimate of drug-likeness (QED) is 0.505. The van der Waals surface area contributed by atoms with Crippen LogP contribution in [0.2, 0.25) is 0 Å². The van der Waals surface area contributed by atoms with Crippen LogP contribution in [0.1, 0.15) is 53.4 Å². The average Bonchev–Trinajstić information content (AvgIpc) is 2.89. The second-order valence-electron chi connectivity index (χ2n) is 7.25. The van der Waals surface area contributed by atoms with E-state index in [-0.39, 0.29) is 24.2 Å². The van der Waals surface area contributed by atoms with Crippen molar-refractivity contribution in [3.63, 3.8) is 0 Å². The van der Waals surface area contributed by atoms with Crippen LogP contribution in [0.25, 0.3) is 0 Å². The van der Waals surface area contributed by atoms with Gasteiger partial charge >= 0.3 is 0 Å². The summed E-state index contributed by atoms with van der Waals surface area (Å²) in [7, 11) is 6.16. The molecule has 23 heavy (non-hydrogen) atoms. The van der Waals surface area contributed by atoms with Gasteiger partial charge in [-0.3, -0.25) is 9.59 Å². The van der Waals surface area contributed by atoms with E-state index in [0.717, 1.165) is 36.7 Å². The lowest BCUT2D eigenvalue weighted by molar-refractivity contribution is -0.872. The number of amides is 2. The Kier molecular flexibility index (Phi) is 12.4. The second-order valence-corrected chi connectivity index (χ2v) is 7.25. The fourth-order valence-corrected chi connectivity index (χ4v) is 2.03. The van der Waals surface area contributed by atoms with E-state index in [1.165, 1.54) is 0 Å². The molecule has 0 saturated carbocycles. The van der Waals surface area contributed by atoms with Gasteiger partial charge in [-0.05, 0) is 26.2 Å². The normalized spacial score (nSPS) is 16.8. The number of hydrogen-bond donors (Lipinski definition) is 1. The third kappa shape index (κ3) is 10.6. The monoisotopic (exact) mass is 349 g/mol. The highest BCUT2D eigenvalue weighted by atomic mass is 35.5. The molecule has 0 aromatic carbocycles. The molecule has 1 heterocycles. The number of quaternary nitrogens is 1. The highest BCUT2D eigenvalue weighted by molar-refractivity contribution is 5.78. The van der Waals surface area contributed by atoms with Crippen molar-refractivity contribution in [2.45, 2.75) is 59.4 Å². The van der Waals surface area contributed by atoms with Gasteiger partial charge in [-0.1, -0.05) is 20.8 Å². The van der Waals surface area contributed by atoms with Crippen LogP contribution in [0.5, 0.6) is 0 Å². The van der Waals surface area contributed by atoms with Gasteiger partial charge in [-0.25, -0.2) is 0 Å². The minimum Gasteiger partial charge on any atom is -1.00 e. The lowest BCUT2D eigenvalue weighted by Gasteiger charge is -2.24. The van der Waals surface area contributed by atoms with Crippen LogP contribution in [0.15, 0.2) is 0 Å². The van der Waals surface area contributed by atoms with E-state index in [9.17, 15) is 9.59 Å². The van der Waals surface area contributed by atoms with Crippen molar-refractivity contribution < 1.29 is 26.5 Å². The van der Waals surface area contributed by atoms with Gasteiger partial charge < -0.3 is 27.1 Å². The fourth-order valence-electron chi connectivity index (χ4n) is 2.03. The number of rotatable bonds is 6. The molecule has 1 aliphatic heterocycles. The molecule has 1 aliphatic rings. The maximum Gasteiger partial charge on any atom is 0.227 e. The first-order valence-corrected chi connectivity index (χ1v) is 8.50. The third-order valence-corrected chi connectivity index (χ3v) is 4.02. The van der Waals surface area contributed by atoms with E-state index >= 15 is 0 Å². The van der Waals surface area contributed by atoms with Crippen molar-refractivity contribution in [1.29, 1.82) is 0 Å². The summed E-state index contributed by atoms with van der Waals surface area (Å²) < 4.78 is 0.766. The van der Waals surface area contributed by atoms with Crippen LogP contribution in [-0.4, -0.2) is 61.6 Å². The van der Waals surface area contributed by atoms with Crippen molar-refractivity contribution in [3.05, 3.63) is 0 Å². The predicted molar refractivity (Wildman–Crippen MR) is 91.2 cm³/mol. The van der Waals surface area contributed by atoms with Gasteiger partial charge in [0.25, 0.3) is 0 Å². The highest BCUT2D eigenvalue weighted by Crippen LogP contribution is 2.14. The Morgan fingerprint density at radius 2 is 1.78 bits per heavy atom. The van der Waals surface area contributed by atoms with E-state index in [0.29, 0.717) is 18.6 Å². The van der Waals surface area contributed by atoms with Gasteiger partial charge in [0, 0.05) is 24.9 Å². The van der Waals surface area contributed by atoms with E-state index < -0.39 is 0 Å². The summed E-state index contributed by atoms with van der Waals surface area (Å²) in [6.07, 6.45) is 3.81. The largest absolute Gasteiger partial charge is 1.00 e.